The maximum Gasteiger partial charge on any atom is 0.242 e. The summed E-state index contributed by atoms with van der Waals surface area (Å²) in [6.45, 7) is 0.526. The highest BCUT2D eigenvalue weighted by Gasteiger charge is 2.28. The van der Waals surface area contributed by atoms with Crippen molar-refractivity contribution in [2.45, 2.75) is 11.0 Å². The molecule has 1 heterocycles. The van der Waals surface area contributed by atoms with Crippen LogP contribution in [0.3, 0.4) is 0 Å². The van der Waals surface area contributed by atoms with E-state index >= 15 is 0 Å². The number of nitrogens with zero attached hydrogens (tertiary/aromatic N) is 1. The molecule has 1 atom stereocenters. The molecule has 0 unspecified atom stereocenters. The fourth-order valence-electron chi connectivity index (χ4n) is 2.35. The quantitative estimate of drug-likeness (QED) is 0.795. The smallest absolute Gasteiger partial charge is 0.242 e. The van der Waals surface area contributed by atoms with Crippen molar-refractivity contribution < 1.29 is 17.9 Å². The molecular formula is C16H16BrNO4S. The molecule has 0 bridgehead atoms. The van der Waals surface area contributed by atoms with E-state index in [0.717, 1.165) is 4.47 Å². The van der Waals surface area contributed by atoms with Crippen molar-refractivity contribution in [3.8, 4) is 11.5 Å². The van der Waals surface area contributed by atoms with E-state index in [0.29, 0.717) is 18.1 Å². The molecule has 5 nitrogen and oxygen atoms in total. The number of hydrogen-bond donors (Lipinski definition) is 0. The lowest BCUT2D eigenvalue weighted by Gasteiger charge is -2.29. The molecule has 1 aliphatic heterocycles. The first-order valence-corrected chi connectivity index (χ1v) is 9.30. The third-order valence-electron chi connectivity index (χ3n) is 3.53. The lowest BCUT2D eigenvalue weighted by atomic mass is 10.2. The topological polar surface area (TPSA) is 55.8 Å². The van der Waals surface area contributed by atoms with Crippen molar-refractivity contribution in [1.82, 2.24) is 4.31 Å². The van der Waals surface area contributed by atoms with Crippen molar-refractivity contribution in [2.75, 3.05) is 20.2 Å². The Morgan fingerprint density at radius 2 is 1.91 bits per heavy atom. The second-order valence-electron chi connectivity index (χ2n) is 5.24. The van der Waals surface area contributed by atoms with Crippen LogP contribution in [0.2, 0.25) is 0 Å². The van der Waals surface area contributed by atoms with Crippen LogP contribution in [0.15, 0.2) is 57.9 Å². The average Bonchev–Trinajstić information content (AvgIpc) is 2.54. The highest BCUT2D eigenvalue weighted by atomic mass is 79.9. The normalized spacial score (nSPS) is 17.3. The second-order valence-corrected chi connectivity index (χ2v) is 8.20. The highest BCUT2D eigenvalue weighted by molar-refractivity contribution is 9.10. The van der Waals surface area contributed by atoms with Crippen molar-refractivity contribution in [1.29, 1.82) is 0 Å². The summed E-state index contributed by atoms with van der Waals surface area (Å²) in [5, 5.41) is 0. The monoisotopic (exact) mass is 397 g/mol. The highest BCUT2D eigenvalue weighted by Crippen LogP contribution is 2.31. The minimum Gasteiger partial charge on any atom is -0.486 e. The molecule has 0 spiro atoms. The Morgan fingerprint density at radius 3 is 2.65 bits per heavy atom. The second kappa shape index (κ2) is 6.51. The first-order valence-electron chi connectivity index (χ1n) is 7.07. The largest absolute Gasteiger partial charge is 0.486 e. The molecule has 0 saturated heterocycles. The SMILES string of the molecule is CN(C[C@@H]1COc2ccccc2O1)S(=O)(=O)c1cccc(Br)c1. The maximum absolute atomic E-state index is 12.6. The fraction of sp³-hybridized carbons (Fsp3) is 0.250. The molecule has 0 radical (unpaired) electrons. The fourth-order valence-corrected chi connectivity index (χ4v) is 4.14. The number of sulfonamides is 1. The van der Waals surface area contributed by atoms with E-state index in [1.807, 2.05) is 24.3 Å². The van der Waals surface area contributed by atoms with Gasteiger partial charge in [0.05, 0.1) is 11.4 Å². The summed E-state index contributed by atoms with van der Waals surface area (Å²) in [6.07, 6.45) is -0.350. The molecule has 0 N–H and O–H groups in total. The van der Waals surface area contributed by atoms with E-state index < -0.39 is 10.0 Å². The van der Waals surface area contributed by atoms with Gasteiger partial charge in [-0.25, -0.2) is 8.42 Å². The molecule has 2 aromatic carbocycles. The van der Waals surface area contributed by atoms with Gasteiger partial charge in [-0.2, -0.15) is 4.31 Å². The minimum absolute atomic E-state index is 0.211. The molecule has 7 heteroatoms. The molecule has 0 aromatic heterocycles. The molecule has 122 valence electrons. The van der Waals surface area contributed by atoms with Crippen molar-refractivity contribution in [3.05, 3.63) is 53.0 Å². The third-order valence-corrected chi connectivity index (χ3v) is 5.85. The average molecular weight is 398 g/mol. The molecule has 0 amide bonds. The first-order chi connectivity index (χ1) is 11.0. The number of rotatable bonds is 4. The Kier molecular flexibility index (Phi) is 4.61. The Bertz CT molecular complexity index is 809. The van der Waals surface area contributed by atoms with Crippen LogP contribution in [-0.2, 0) is 10.0 Å². The van der Waals surface area contributed by atoms with Gasteiger partial charge >= 0.3 is 0 Å². The summed E-state index contributed by atoms with van der Waals surface area (Å²) < 4.78 is 38.7. The number of ether oxygens (including phenoxy) is 2. The van der Waals surface area contributed by atoms with Gasteiger partial charge in [-0.15, -0.1) is 0 Å². The number of fused-ring (bicyclic) bond motifs is 1. The van der Waals surface area contributed by atoms with E-state index in [1.165, 1.54) is 4.31 Å². The van der Waals surface area contributed by atoms with Gasteiger partial charge in [-0.3, -0.25) is 0 Å². The summed E-state index contributed by atoms with van der Waals surface area (Å²) in [5.74, 6) is 1.32. The van der Waals surface area contributed by atoms with Gasteiger partial charge in [0.25, 0.3) is 0 Å². The van der Waals surface area contributed by atoms with Gasteiger partial charge in [0, 0.05) is 11.5 Å². The van der Waals surface area contributed by atoms with E-state index in [4.69, 9.17) is 9.47 Å². The number of likely N-dealkylation sites (N-methyl/N-ethyl adjacent to an activating group) is 1. The molecule has 2 aromatic rings. The number of para-hydroxylation sites is 2. The summed E-state index contributed by atoms with van der Waals surface area (Å²) in [4.78, 5) is 0.242. The summed E-state index contributed by atoms with van der Waals surface area (Å²) in [5.41, 5.74) is 0. The number of halogens is 1. The standard InChI is InChI=1S/C16H16BrNO4S/c1-18(23(19,20)14-6-4-5-12(17)9-14)10-13-11-21-15-7-2-3-8-16(15)22-13/h2-9,13H,10-11H2,1H3/t13-/m1/s1. The Hall–Kier alpha value is -1.57. The van der Waals surface area contributed by atoms with Gasteiger partial charge in [-0.1, -0.05) is 34.1 Å². The molecule has 3 rings (SSSR count). The molecule has 1 aliphatic rings. The lowest BCUT2D eigenvalue weighted by Crippen LogP contribution is -2.41. The van der Waals surface area contributed by atoms with Crippen LogP contribution in [0.5, 0.6) is 11.5 Å². The van der Waals surface area contributed by atoms with Crippen molar-refractivity contribution >= 4 is 26.0 Å². The van der Waals surface area contributed by atoms with E-state index in [2.05, 4.69) is 15.9 Å². The molecule has 0 fully saturated rings. The van der Waals surface area contributed by atoms with Crippen molar-refractivity contribution in [2.24, 2.45) is 0 Å². The van der Waals surface area contributed by atoms with Gasteiger partial charge in [0.15, 0.2) is 11.5 Å². The Labute approximate surface area is 144 Å². The van der Waals surface area contributed by atoms with Crippen LogP contribution in [0.25, 0.3) is 0 Å². The number of hydrogen-bond acceptors (Lipinski definition) is 4. The summed E-state index contributed by atoms with van der Waals surface area (Å²) >= 11 is 3.29. The van der Waals surface area contributed by atoms with Crippen molar-refractivity contribution in [3.63, 3.8) is 0 Å². The van der Waals surface area contributed by atoms with Crippen LogP contribution >= 0.6 is 15.9 Å². The van der Waals surface area contributed by atoms with Gasteiger partial charge in [0.1, 0.15) is 12.7 Å². The molecular weight excluding hydrogens is 382 g/mol. The zero-order valence-corrected chi connectivity index (χ0v) is 14.9. The van der Waals surface area contributed by atoms with Gasteiger partial charge in [-0.05, 0) is 30.3 Å². The van der Waals surface area contributed by atoms with Crippen LogP contribution in [0.4, 0.5) is 0 Å². The van der Waals surface area contributed by atoms with Crippen LogP contribution in [0.1, 0.15) is 0 Å². The third kappa shape index (κ3) is 3.52. The Morgan fingerprint density at radius 1 is 1.17 bits per heavy atom. The van der Waals surface area contributed by atoms with E-state index in [9.17, 15) is 8.42 Å². The lowest BCUT2D eigenvalue weighted by molar-refractivity contribution is 0.0798. The maximum atomic E-state index is 12.6. The molecule has 0 saturated carbocycles. The Balaban J connectivity index is 1.73. The summed E-state index contributed by atoms with van der Waals surface area (Å²) in [7, 11) is -2.03. The predicted molar refractivity (Wildman–Crippen MR) is 90.3 cm³/mol. The summed E-state index contributed by atoms with van der Waals surface area (Å²) in [6, 6.07) is 14.0. The zero-order chi connectivity index (χ0) is 16.4. The molecule has 0 aliphatic carbocycles. The first kappa shape index (κ1) is 16.3. The number of benzene rings is 2. The van der Waals surface area contributed by atoms with E-state index in [1.54, 1.807) is 31.3 Å². The van der Waals surface area contributed by atoms with Gasteiger partial charge in [0.2, 0.25) is 10.0 Å². The molecule has 23 heavy (non-hydrogen) atoms. The van der Waals surface area contributed by atoms with Gasteiger partial charge < -0.3 is 9.47 Å². The van der Waals surface area contributed by atoms with Crippen LogP contribution in [-0.4, -0.2) is 39.0 Å². The van der Waals surface area contributed by atoms with Crippen LogP contribution in [0, 0.1) is 0 Å². The van der Waals surface area contributed by atoms with Crippen LogP contribution < -0.4 is 9.47 Å². The zero-order valence-electron chi connectivity index (χ0n) is 12.5. The van der Waals surface area contributed by atoms with E-state index in [-0.39, 0.29) is 17.5 Å². The predicted octanol–water partition coefficient (Wildman–Crippen LogP) is 2.91. The minimum atomic E-state index is -3.57.